The van der Waals surface area contributed by atoms with Crippen molar-refractivity contribution in [2.45, 2.75) is 45.1 Å². The molecule has 0 spiro atoms. The van der Waals surface area contributed by atoms with E-state index in [2.05, 4.69) is 5.32 Å². The largest absolute Gasteiger partial charge is 0.480 e. The van der Waals surface area contributed by atoms with Gasteiger partial charge < -0.3 is 15.2 Å². The van der Waals surface area contributed by atoms with Gasteiger partial charge in [0.05, 0.1) is 0 Å². The molecular formula is C13H21NO4. The summed E-state index contributed by atoms with van der Waals surface area (Å²) in [6.07, 6.45) is 3.62. The highest BCUT2D eigenvalue weighted by atomic mass is 16.5. The minimum Gasteiger partial charge on any atom is -0.480 e. The lowest BCUT2D eigenvalue weighted by Crippen LogP contribution is -2.54. The van der Waals surface area contributed by atoms with E-state index >= 15 is 0 Å². The van der Waals surface area contributed by atoms with Crippen LogP contribution in [0.5, 0.6) is 0 Å². The lowest BCUT2D eigenvalue weighted by Gasteiger charge is -2.38. The summed E-state index contributed by atoms with van der Waals surface area (Å²) in [6.45, 7) is 3.42. The molecule has 2 aliphatic rings. The van der Waals surface area contributed by atoms with Crippen LogP contribution in [0, 0.1) is 11.3 Å². The zero-order valence-corrected chi connectivity index (χ0v) is 10.8. The fraction of sp³-hybridized carbons (Fsp3) is 0.846. The summed E-state index contributed by atoms with van der Waals surface area (Å²) >= 11 is 0. The molecule has 0 radical (unpaired) electrons. The summed E-state index contributed by atoms with van der Waals surface area (Å²) in [6, 6.07) is 0.0261. The Morgan fingerprint density at radius 2 is 1.94 bits per heavy atom. The van der Waals surface area contributed by atoms with Crippen LogP contribution < -0.4 is 5.32 Å². The Morgan fingerprint density at radius 3 is 2.39 bits per heavy atom. The second-order valence-corrected chi connectivity index (χ2v) is 5.45. The van der Waals surface area contributed by atoms with Gasteiger partial charge in [-0.25, -0.2) is 0 Å². The van der Waals surface area contributed by atoms with E-state index in [0.717, 1.165) is 32.5 Å². The molecule has 1 heterocycles. The monoisotopic (exact) mass is 255 g/mol. The molecule has 1 aliphatic heterocycles. The van der Waals surface area contributed by atoms with E-state index in [1.54, 1.807) is 0 Å². The Hall–Kier alpha value is -1.10. The minimum absolute atomic E-state index is 0.0261. The standard InChI is InChI=1S/C13H21NO4/c1-9(10-3-7-18-8-4-10)14-11(15)13(12(16)17)5-2-6-13/h9-10H,2-8H2,1H3,(H,14,15)(H,16,17). The van der Waals surface area contributed by atoms with Gasteiger partial charge in [0.15, 0.2) is 0 Å². The summed E-state index contributed by atoms with van der Waals surface area (Å²) in [5, 5.41) is 12.1. The van der Waals surface area contributed by atoms with Gasteiger partial charge in [0, 0.05) is 19.3 Å². The molecule has 0 bridgehead atoms. The molecule has 2 fully saturated rings. The Balaban J connectivity index is 1.91. The van der Waals surface area contributed by atoms with E-state index in [4.69, 9.17) is 4.74 Å². The van der Waals surface area contributed by atoms with Gasteiger partial charge >= 0.3 is 5.97 Å². The SMILES string of the molecule is CC(NC(=O)C1(C(=O)O)CCC1)C1CCOCC1. The molecule has 5 nitrogen and oxygen atoms in total. The van der Waals surface area contributed by atoms with Crippen LogP contribution in [0.4, 0.5) is 0 Å². The van der Waals surface area contributed by atoms with Crippen molar-refractivity contribution >= 4 is 11.9 Å². The van der Waals surface area contributed by atoms with Crippen LogP contribution in [0.3, 0.4) is 0 Å². The van der Waals surface area contributed by atoms with Crippen LogP contribution in [0.25, 0.3) is 0 Å². The Labute approximate surface area is 107 Å². The number of nitrogens with one attached hydrogen (secondary N) is 1. The third-order valence-electron chi connectivity index (χ3n) is 4.38. The summed E-state index contributed by atoms with van der Waals surface area (Å²) in [5.41, 5.74) is -1.15. The molecule has 1 aliphatic carbocycles. The van der Waals surface area contributed by atoms with Crippen molar-refractivity contribution < 1.29 is 19.4 Å². The fourth-order valence-corrected chi connectivity index (χ4v) is 2.75. The van der Waals surface area contributed by atoms with Crippen LogP contribution in [0.2, 0.25) is 0 Å². The topological polar surface area (TPSA) is 75.6 Å². The van der Waals surface area contributed by atoms with E-state index < -0.39 is 11.4 Å². The summed E-state index contributed by atoms with van der Waals surface area (Å²) in [4.78, 5) is 23.3. The molecule has 1 saturated carbocycles. The van der Waals surface area contributed by atoms with Gasteiger partial charge in [-0.05, 0) is 38.5 Å². The quantitative estimate of drug-likeness (QED) is 0.739. The summed E-state index contributed by atoms with van der Waals surface area (Å²) in [5.74, 6) is -0.890. The van der Waals surface area contributed by atoms with Gasteiger partial charge in [-0.3, -0.25) is 9.59 Å². The van der Waals surface area contributed by atoms with E-state index in [9.17, 15) is 14.7 Å². The van der Waals surface area contributed by atoms with Crippen molar-refractivity contribution in [2.24, 2.45) is 11.3 Å². The summed E-state index contributed by atoms with van der Waals surface area (Å²) in [7, 11) is 0. The molecule has 1 unspecified atom stereocenters. The predicted octanol–water partition coefficient (Wildman–Crippen LogP) is 1.17. The van der Waals surface area contributed by atoms with Gasteiger partial charge in [0.2, 0.25) is 5.91 Å². The van der Waals surface area contributed by atoms with E-state index in [-0.39, 0.29) is 11.9 Å². The summed E-state index contributed by atoms with van der Waals surface area (Å²) < 4.78 is 5.29. The number of carbonyl (C=O) groups excluding carboxylic acids is 1. The molecule has 5 heteroatoms. The number of hydrogen-bond acceptors (Lipinski definition) is 3. The third kappa shape index (κ3) is 2.36. The highest BCUT2D eigenvalue weighted by Gasteiger charge is 2.51. The number of ether oxygens (including phenoxy) is 1. The second-order valence-electron chi connectivity index (χ2n) is 5.45. The molecule has 0 aromatic rings. The zero-order chi connectivity index (χ0) is 13.2. The molecule has 1 saturated heterocycles. The maximum absolute atomic E-state index is 12.1. The van der Waals surface area contributed by atoms with Crippen molar-refractivity contribution in [3.8, 4) is 0 Å². The van der Waals surface area contributed by atoms with Crippen LogP contribution in [-0.4, -0.2) is 36.2 Å². The van der Waals surface area contributed by atoms with Gasteiger partial charge in [-0.1, -0.05) is 6.42 Å². The van der Waals surface area contributed by atoms with Gasteiger partial charge in [-0.2, -0.15) is 0 Å². The number of hydrogen-bond donors (Lipinski definition) is 2. The first-order valence-corrected chi connectivity index (χ1v) is 6.68. The first-order chi connectivity index (χ1) is 8.56. The van der Waals surface area contributed by atoms with Gasteiger partial charge in [-0.15, -0.1) is 0 Å². The van der Waals surface area contributed by atoms with Crippen molar-refractivity contribution in [1.29, 1.82) is 0 Å². The Bertz CT molecular complexity index is 332. The number of carboxylic acids is 1. The second kappa shape index (κ2) is 5.26. The van der Waals surface area contributed by atoms with E-state index in [0.29, 0.717) is 18.8 Å². The highest BCUT2D eigenvalue weighted by Crippen LogP contribution is 2.41. The molecular weight excluding hydrogens is 234 g/mol. The Morgan fingerprint density at radius 1 is 1.33 bits per heavy atom. The average Bonchev–Trinajstić information content (AvgIpc) is 2.28. The number of carbonyl (C=O) groups is 2. The first-order valence-electron chi connectivity index (χ1n) is 6.68. The van der Waals surface area contributed by atoms with Gasteiger partial charge in [0.25, 0.3) is 0 Å². The number of amides is 1. The van der Waals surface area contributed by atoms with E-state index in [1.165, 1.54) is 0 Å². The molecule has 1 amide bonds. The zero-order valence-electron chi connectivity index (χ0n) is 10.8. The maximum atomic E-state index is 12.1. The molecule has 0 aromatic heterocycles. The lowest BCUT2D eigenvalue weighted by molar-refractivity contribution is -0.162. The average molecular weight is 255 g/mol. The molecule has 0 aromatic carbocycles. The smallest absolute Gasteiger partial charge is 0.319 e. The van der Waals surface area contributed by atoms with Crippen LogP contribution in [0.1, 0.15) is 39.0 Å². The van der Waals surface area contributed by atoms with Crippen LogP contribution >= 0.6 is 0 Å². The van der Waals surface area contributed by atoms with Crippen molar-refractivity contribution in [3.05, 3.63) is 0 Å². The normalized spacial score (nSPS) is 24.9. The predicted molar refractivity (Wildman–Crippen MR) is 65.1 cm³/mol. The van der Waals surface area contributed by atoms with E-state index in [1.807, 2.05) is 6.92 Å². The van der Waals surface area contributed by atoms with Gasteiger partial charge in [0.1, 0.15) is 5.41 Å². The van der Waals surface area contributed by atoms with Crippen molar-refractivity contribution in [1.82, 2.24) is 5.32 Å². The first kappa shape index (κ1) is 13.3. The third-order valence-corrected chi connectivity index (χ3v) is 4.38. The highest BCUT2D eigenvalue weighted by molar-refractivity contribution is 6.02. The molecule has 2 rings (SSSR count). The minimum atomic E-state index is -1.15. The fourth-order valence-electron chi connectivity index (χ4n) is 2.75. The van der Waals surface area contributed by atoms with Crippen molar-refractivity contribution in [3.63, 3.8) is 0 Å². The lowest BCUT2D eigenvalue weighted by atomic mass is 9.68. The van der Waals surface area contributed by atoms with Crippen LogP contribution in [-0.2, 0) is 14.3 Å². The molecule has 1 atom stereocenters. The maximum Gasteiger partial charge on any atom is 0.319 e. The van der Waals surface area contributed by atoms with Crippen molar-refractivity contribution in [2.75, 3.05) is 13.2 Å². The number of aliphatic carboxylic acids is 1. The Kier molecular flexibility index (Phi) is 3.90. The molecule has 2 N–H and O–H groups in total. The van der Waals surface area contributed by atoms with Crippen LogP contribution in [0.15, 0.2) is 0 Å². The number of rotatable bonds is 4. The molecule has 102 valence electrons. The number of carboxylic acid groups (broad SMARTS) is 1. The molecule has 18 heavy (non-hydrogen) atoms.